The molecule has 0 saturated carbocycles. The molecule has 1 aliphatic rings. The molecule has 0 radical (unpaired) electrons. The molecule has 1 aliphatic carbocycles. The lowest BCUT2D eigenvalue weighted by molar-refractivity contribution is -0.0752. The van der Waals surface area contributed by atoms with Crippen LogP contribution in [0.4, 0.5) is 0 Å². The van der Waals surface area contributed by atoms with E-state index >= 15 is 0 Å². The molecule has 0 fully saturated rings. The molecule has 1 rings (SSSR count). The summed E-state index contributed by atoms with van der Waals surface area (Å²) in [5, 5.41) is 10.5. The van der Waals surface area contributed by atoms with Gasteiger partial charge in [-0.15, -0.1) is 0 Å². The van der Waals surface area contributed by atoms with E-state index in [4.69, 9.17) is 0 Å². The fraction of sp³-hybridized carbons (Fsp3) is 0.833. The zero-order chi connectivity index (χ0) is 10.1. The maximum absolute atomic E-state index is 10.5. The van der Waals surface area contributed by atoms with Crippen molar-refractivity contribution >= 4 is 0 Å². The summed E-state index contributed by atoms with van der Waals surface area (Å²) < 4.78 is 0. The number of rotatable bonds is 2. The van der Waals surface area contributed by atoms with Crippen molar-refractivity contribution in [1.82, 2.24) is 0 Å². The van der Waals surface area contributed by atoms with Crippen molar-refractivity contribution in [1.29, 1.82) is 0 Å². The zero-order valence-electron chi connectivity index (χ0n) is 9.25. The molecule has 1 N–H and O–H groups in total. The van der Waals surface area contributed by atoms with Gasteiger partial charge in [0.2, 0.25) is 0 Å². The van der Waals surface area contributed by atoms with Gasteiger partial charge in [0.15, 0.2) is 0 Å². The normalized spacial score (nSPS) is 34.5. The lowest BCUT2D eigenvalue weighted by Gasteiger charge is -2.43. The van der Waals surface area contributed by atoms with Crippen molar-refractivity contribution in [3.05, 3.63) is 12.2 Å². The molecule has 76 valence electrons. The molecule has 0 amide bonds. The number of allylic oxidation sites excluding steroid dienone is 1. The molecule has 13 heavy (non-hydrogen) atoms. The average molecular weight is 182 g/mol. The maximum atomic E-state index is 10.5. The average Bonchev–Trinajstić information content (AvgIpc) is 2.04. The van der Waals surface area contributed by atoms with E-state index in [2.05, 4.69) is 39.8 Å². The lowest BCUT2D eigenvalue weighted by atomic mass is 9.68. The molecule has 0 saturated heterocycles. The van der Waals surface area contributed by atoms with Gasteiger partial charge in [-0.2, -0.15) is 0 Å². The van der Waals surface area contributed by atoms with E-state index in [1.54, 1.807) is 0 Å². The first-order valence-electron chi connectivity index (χ1n) is 5.36. The highest BCUT2D eigenvalue weighted by molar-refractivity contribution is 5.05. The maximum Gasteiger partial charge on any atom is 0.0738 e. The van der Waals surface area contributed by atoms with E-state index < -0.39 is 5.60 Å². The Bertz CT molecular complexity index is 193. The van der Waals surface area contributed by atoms with Crippen LogP contribution in [0.3, 0.4) is 0 Å². The molecule has 2 unspecified atom stereocenters. The Morgan fingerprint density at radius 3 is 2.23 bits per heavy atom. The highest BCUT2D eigenvalue weighted by Crippen LogP contribution is 2.39. The van der Waals surface area contributed by atoms with Crippen LogP contribution in [0.15, 0.2) is 12.2 Å². The van der Waals surface area contributed by atoms with Gasteiger partial charge in [-0.3, -0.25) is 0 Å². The molecular weight excluding hydrogens is 160 g/mol. The summed E-state index contributed by atoms with van der Waals surface area (Å²) >= 11 is 0. The second-order valence-corrected chi connectivity index (χ2v) is 4.91. The Morgan fingerprint density at radius 1 is 1.23 bits per heavy atom. The molecule has 1 nitrogen and oxygen atoms in total. The van der Waals surface area contributed by atoms with Crippen molar-refractivity contribution in [3.63, 3.8) is 0 Å². The molecule has 0 aromatic rings. The van der Waals surface area contributed by atoms with Crippen LogP contribution in [0.1, 0.15) is 40.5 Å². The van der Waals surface area contributed by atoms with Crippen molar-refractivity contribution < 1.29 is 5.11 Å². The molecule has 0 aromatic heterocycles. The topological polar surface area (TPSA) is 20.2 Å². The Labute approximate surface area is 81.9 Å². The number of hydrogen-bond donors (Lipinski definition) is 1. The molecular formula is C12H22O. The van der Waals surface area contributed by atoms with Gasteiger partial charge in [-0.25, -0.2) is 0 Å². The standard InChI is InChI=1S/C12H22O/c1-9(2)11-7-5-6-8-12(11,13)10(3)4/h5-6,9-11,13H,7-8H2,1-4H3. The predicted molar refractivity (Wildman–Crippen MR) is 56.5 cm³/mol. The van der Waals surface area contributed by atoms with E-state index in [0.717, 1.165) is 12.8 Å². The third-order valence-electron chi connectivity index (χ3n) is 3.45. The third kappa shape index (κ3) is 1.96. The van der Waals surface area contributed by atoms with Crippen LogP contribution < -0.4 is 0 Å². The van der Waals surface area contributed by atoms with Crippen molar-refractivity contribution in [2.45, 2.75) is 46.1 Å². The highest BCUT2D eigenvalue weighted by atomic mass is 16.3. The van der Waals surface area contributed by atoms with Crippen molar-refractivity contribution in [2.24, 2.45) is 17.8 Å². The summed E-state index contributed by atoms with van der Waals surface area (Å²) in [6.45, 7) is 8.65. The van der Waals surface area contributed by atoms with E-state index in [1.807, 2.05) is 0 Å². The Kier molecular flexibility index (Phi) is 3.18. The zero-order valence-corrected chi connectivity index (χ0v) is 9.25. The van der Waals surface area contributed by atoms with Gasteiger partial charge in [0.1, 0.15) is 0 Å². The van der Waals surface area contributed by atoms with Gasteiger partial charge < -0.3 is 5.11 Å². The van der Waals surface area contributed by atoms with Crippen LogP contribution in [0.2, 0.25) is 0 Å². The smallest absolute Gasteiger partial charge is 0.0738 e. The summed E-state index contributed by atoms with van der Waals surface area (Å²) in [6, 6.07) is 0. The fourth-order valence-corrected chi connectivity index (χ4v) is 2.38. The molecule has 2 atom stereocenters. The summed E-state index contributed by atoms with van der Waals surface area (Å²) in [7, 11) is 0. The van der Waals surface area contributed by atoms with Gasteiger partial charge in [-0.05, 0) is 30.6 Å². The summed E-state index contributed by atoms with van der Waals surface area (Å²) in [5.41, 5.74) is -0.469. The largest absolute Gasteiger partial charge is 0.389 e. The van der Waals surface area contributed by atoms with Crippen LogP contribution in [0.25, 0.3) is 0 Å². The van der Waals surface area contributed by atoms with Crippen LogP contribution in [-0.2, 0) is 0 Å². The molecule has 0 bridgehead atoms. The molecule has 0 heterocycles. The number of hydrogen-bond acceptors (Lipinski definition) is 1. The first-order valence-corrected chi connectivity index (χ1v) is 5.36. The Hall–Kier alpha value is -0.300. The van der Waals surface area contributed by atoms with E-state index in [9.17, 15) is 5.11 Å². The quantitative estimate of drug-likeness (QED) is 0.651. The van der Waals surface area contributed by atoms with Crippen molar-refractivity contribution in [2.75, 3.05) is 0 Å². The molecule has 1 heteroatoms. The van der Waals surface area contributed by atoms with Crippen LogP contribution in [0.5, 0.6) is 0 Å². The lowest BCUT2D eigenvalue weighted by Crippen LogP contribution is -2.46. The second-order valence-electron chi connectivity index (χ2n) is 4.91. The summed E-state index contributed by atoms with van der Waals surface area (Å²) in [6.07, 6.45) is 6.19. The monoisotopic (exact) mass is 182 g/mol. The van der Waals surface area contributed by atoms with E-state index in [1.165, 1.54) is 0 Å². The van der Waals surface area contributed by atoms with Gasteiger partial charge in [-0.1, -0.05) is 39.8 Å². The first kappa shape index (κ1) is 10.8. The summed E-state index contributed by atoms with van der Waals surface area (Å²) in [4.78, 5) is 0. The molecule has 0 aliphatic heterocycles. The van der Waals surface area contributed by atoms with E-state index in [0.29, 0.717) is 17.8 Å². The Balaban J connectivity index is 2.85. The van der Waals surface area contributed by atoms with Gasteiger partial charge >= 0.3 is 0 Å². The fourth-order valence-electron chi connectivity index (χ4n) is 2.38. The third-order valence-corrected chi connectivity index (χ3v) is 3.45. The Morgan fingerprint density at radius 2 is 1.85 bits per heavy atom. The van der Waals surface area contributed by atoms with E-state index in [-0.39, 0.29) is 0 Å². The summed E-state index contributed by atoms with van der Waals surface area (Å²) in [5.74, 6) is 1.35. The predicted octanol–water partition coefficient (Wildman–Crippen LogP) is 3.00. The second kappa shape index (κ2) is 3.83. The van der Waals surface area contributed by atoms with Gasteiger partial charge in [0.05, 0.1) is 5.60 Å². The minimum Gasteiger partial charge on any atom is -0.389 e. The minimum atomic E-state index is -0.469. The first-order chi connectivity index (χ1) is 5.98. The molecule has 0 aromatic carbocycles. The SMILES string of the molecule is CC(C)C1CC=CCC1(O)C(C)C. The van der Waals surface area contributed by atoms with Crippen LogP contribution in [-0.4, -0.2) is 10.7 Å². The molecule has 0 spiro atoms. The number of aliphatic hydroxyl groups is 1. The van der Waals surface area contributed by atoms with Gasteiger partial charge in [0.25, 0.3) is 0 Å². The minimum absolute atomic E-state index is 0.352. The van der Waals surface area contributed by atoms with Crippen LogP contribution >= 0.6 is 0 Å². The van der Waals surface area contributed by atoms with Gasteiger partial charge in [0, 0.05) is 0 Å². The van der Waals surface area contributed by atoms with Crippen molar-refractivity contribution in [3.8, 4) is 0 Å². The van der Waals surface area contributed by atoms with Crippen LogP contribution in [0, 0.1) is 17.8 Å². The highest BCUT2D eigenvalue weighted by Gasteiger charge is 2.40.